The molecule has 1 aromatic carbocycles. The Morgan fingerprint density at radius 2 is 2.27 bits per heavy atom. The third-order valence-electron chi connectivity index (χ3n) is 2.75. The second-order valence-corrected chi connectivity index (χ2v) is 4.60. The van der Waals surface area contributed by atoms with Gasteiger partial charge < -0.3 is 10.2 Å². The van der Waals surface area contributed by atoms with Crippen molar-refractivity contribution in [1.29, 1.82) is 0 Å². The largest absolute Gasteiger partial charge is 0.361 e. The molecule has 0 bridgehead atoms. The molecule has 1 aromatic rings. The zero-order valence-electron chi connectivity index (χ0n) is 8.75. The molecule has 1 atom stereocenters. The van der Waals surface area contributed by atoms with Crippen LogP contribution in [0.4, 0.5) is 11.4 Å². The van der Waals surface area contributed by atoms with Gasteiger partial charge in [-0.05, 0) is 24.6 Å². The summed E-state index contributed by atoms with van der Waals surface area (Å²) in [6, 6.07) is 5.81. The van der Waals surface area contributed by atoms with Crippen LogP contribution in [0.3, 0.4) is 0 Å². The van der Waals surface area contributed by atoms with Gasteiger partial charge in [-0.25, -0.2) is 0 Å². The summed E-state index contributed by atoms with van der Waals surface area (Å²) in [5, 5.41) is 2.92. The summed E-state index contributed by atoms with van der Waals surface area (Å²) in [7, 11) is 1.96. The second kappa shape index (κ2) is 3.85. The van der Waals surface area contributed by atoms with Gasteiger partial charge in [0.2, 0.25) is 5.91 Å². The fraction of sp³-hybridized carbons (Fsp3) is 0.364. The predicted octanol–water partition coefficient (Wildman–Crippen LogP) is 2.62. The molecule has 2 rings (SSSR count). The Morgan fingerprint density at radius 1 is 1.53 bits per heavy atom. The van der Waals surface area contributed by atoms with E-state index in [0.29, 0.717) is 0 Å². The van der Waals surface area contributed by atoms with Gasteiger partial charge in [0.25, 0.3) is 0 Å². The Bertz CT molecular complexity index is 406. The number of fused-ring (bicyclic) bond motifs is 1. The first kappa shape index (κ1) is 10.5. The first-order valence-electron chi connectivity index (χ1n) is 4.96. The number of carbonyl (C=O) groups excluding carboxylic acids is 1. The molecule has 15 heavy (non-hydrogen) atoms. The quantitative estimate of drug-likeness (QED) is 0.850. The number of likely N-dealkylation sites (N-methyl/N-ethyl adjacent to an activating group) is 1. The van der Waals surface area contributed by atoms with Crippen LogP contribution < -0.4 is 10.2 Å². The number of nitrogens with zero attached hydrogens (tertiary/aromatic N) is 1. The number of carbonyl (C=O) groups is 1. The maximum Gasteiger partial charge on any atom is 0.247 e. The zero-order valence-corrected chi connectivity index (χ0v) is 10.3. The minimum absolute atomic E-state index is 0.0631. The SMILES string of the molecule is CCC1C(=O)Nc2ccc(Br)cc2N1C. The van der Waals surface area contributed by atoms with E-state index in [1.54, 1.807) is 0 Å². The standard InChI is InChI=1S/C11H13BrN2O/c1-3-9-11(15)13-8-5-4-7(12)6-10(8)14(9)2/h4-6,9H,3H2,1-2H3,(H,13,15). The maximum absolute atomic E-state index is 11.7. The number of hydrogen-bond acceptors (Lipinski definition) is 2. The fourth-order valence-corrected chi connectivity index (χ4v) is 2.27. The Balaban J connectivity index is 2.46. The molecule has 1 N–H and O–H groups in total. The van der Waals surface area contributed by atoms with E-state index in [9.17, 15) is 4.79 Å². The fourth-order valence-electron chi connectivity index (χ4n) is 1.92. The third-order valence-corrected chi connectivity index (χ3v) is 3.25. The number of benzene rings is 1. The van der Waals surface area contributed by atoms with Crippen molar-refractivity contribution in [3.8, 4) is 0 Å². The molecule has 1 aliphatic rings. The van der Waals surface area contributed by atoms with Crippen molar-refractivity contribution >= 4 is 33.2 Å². The highest BCUT2D eigenvalue weighted by Gasteiger charge is 2.28. The lowest BCUT2D eigenvalue weighted by Gasteiger charge is -2.34. The number of anilines is 2. The first-order valence-corrected chi connectivity index (χ1v) is 5.76. The predicted molar refractivity (Wildman–Crippen MR) is 65.3 cm³/mol. The molecular formula is C11H13BrN2O. The molecule has 0 saturated carbocycles. The van der Waals surface area contributed by atoms with Gasteiger partial charge in [-0.1, -0.05) is 22.9 Å². The topological polar surface area (TPSA) is 32.3 Å². The molecule has 0 spiro atoms. The lowest BCUT2D eigenvalue weighted by Crippen LogP contribution is -2.45. The van der Waals surface area contributed by atoms with Gasteiger partial charge in [-0.15, -0.1) is 0 Å². The van der Waals surface area contributed by atoms with Gasteiger partial charge in [0.05, 0.1) is 11.4 Å². The van der Waals surface area contributed by atoms with Crippen molar-refractivity contribution < 1.29 is 4.79 Å². The number of hydrogen-bond donors (Lipinski definition) is 1. The van der Waals surface area contributed by atoms with Gasteiger partial charge >= 0.3 is 0 Å². The Labute approximate surface area is 97.6 Å². The van der Waals surface area contributed by atoms with Crippen LogP contribution in [-0.2, 0) is 4.79 Å². The van der Waals surface area contributed by atoms with E-state index >= 15 is 0 Å². The van der Waals surface area contributed by atoms with E-state index in [2.05, 4.69) is 21.2 Å². The van der Waals surface area contributed by atoms with Crippen LogP contribution in [0.25, 0.3) is 0 Å². The van der Waals surface area contributed by atoms with Crippen LogP contribution >= 0.6 is 15.9 Å². The summed E-state index contributed by atoms with van der Waals surface area (Å²) in [5.74, 6) is 0.0785. The highest BCUT2D eigenvalue weighted by atomic mass is 79.9. The molecule has 1 amide bonds. The lowest BCUT2D eigenvalue weighted by atomic mass is 10.1. The minimum atomic E-state index is -0.0631. The van der Waals surface area contributed by atoms with Gasteiger partial charge in [0.15, 0.2) is 0 Å². The smallest absolute Gasteiger partial charge is 0.247 e. The number of halogens is 1. The number of nitrogens with one attached hydrogen (secondary N) is 1. The minimum Gasteiger partial charge on any atom is -0.361 e. The van der Waals surface area contributed by atoms with E-state index in [1.165, 1.54) is 0 Å². The molecule has 1 unspecified atom stereocenters. The Hall–Kier alpha value is -1.03. The number of amides is 1. The molecular weight excluding hydrogens is 256 g/mol. The monoisotopic (exact) mass is 268 g/mol. The third kappa shape index (κ3) is 1.74. The zero-order chi connectivity index (χ0) is 11.0. The van der Waals surface area contributed by atoms with Crippen molar-refractivity contribution in [2.75, 3.05) is 17.3 Å². The van der Waals surface area contributed by atoms with E-state index in [-0.39, 0.29) is 11.9 Å². The van der Waals surface area contributed by atoms with Crippen molar-refractivity contribution in [2.24, 2.45) is 0 Å². The van der Waals surface area contributed by atoms with E-state index in [1.807, 2.05) is 37.1 Å². The van der Waals surface area contributed by atoms with Crippen LogP contribution in [0.15, 0.2) is 22.7 Å². The van der Waals surface area contributed by atoms with E-state index < -0.39 is 0 Å². The van der Waals surface area contributed by atoms with Crippen molar-refractivity contribution in [3.63, 3.8) is 0 Å². The van der Waals surface area contributed by atoms with Gasteiger partial charge in [-0.3, -0.25) is 4.79 Å². The molecule has 0 radical (unpaired) electrons. The molecule has 1 aliphatic heterocycles. The van der Waals surface area contributed by atoms with Crippen LogP contribution in [0, 0.1) is 0 Å². The first-order chi connectivity index (χ1) is 7.13. The normalized spacial score (nSPS) is 19.8. The van der Waals surface area contributed by atoms with Crippen molar-refractivity contribution in [1.82, 2.24) is 0 Å². The van der Waals surface area contributed by atoms with Gasteiger partial charge in [-0.2, -0.15) is 0 Å². The van der Waals surface area contributed by atoms with Gasteiger partial charge in [0, 0.05) is 11.5 Å². The van der Waals surface area contributed by atoms with Crippen molar-refractivity contribution in [2.45, 2.75) is 19.4 Å². The highest BCUT2D eigenvalue weighted by molar-refractivity contribution is 9.10. The van der Waals surface area contributed by atoms with Gasteiger partial charge in [0.1, 0.15) is 6.04 Å². The average Bonchev–Trinajstić information content (AvgIpc) is 2.20. The molecule has 0 saturated heterocycles. The van der Waals surface area contributed by atoms with E-state index in [0.717, 1.165) is 22.3 Å². The van der Waals surface area contributed by atoms with E-state index in [4.69, 9.17) is 0 Å². The second-order valence-electron chi connectivity index (χ2n) is 3.69. The van der Waals surface area contributed by atoms with Crippen molar-refractivity contribution in [3.05, 3.63) is 22.7 Å². The highest BCUT2D eigenvalue weighted by Crippen LogP contribution is 2.33. The summed E-state index contributed by atoms with van der Waals surface area (Å²) < 4.78 is 1.03. The van der Waals surface area contributed by atoms with Crippen LogP contribution in [0.2, 0.25) is 0 Å². The molecule has 0 aliphatic carbocycles. The molecule has 80 valence electrons. The summed E-state index contributed by atoms with van der Waals surface area (Å²) in [6.45, 7) is 2.02. The lowest BCUT2D eigenvalue weighted by molar-refractivity contribution is -0.117. The Morgan fingerprint density at radius 3 is 2.93 bits per heavy atom. The summed E-state index contributed by atoms with van der Waals surface area (Å²) >= 11 is 3.44. The van der Waals surface area contributed by atoms with Crippen LogP contribution in [0.5, 0.6) is 0 Å². The summed E-state index contributed by atoms with van der Waals surface area (Å²) in [4.78, 5) is 13.7. The summed E-state index contributed by atoms with van der Waals surface area (Å²) in [5.41, 5.74) is 1.95. The van der Waals surface area contributed by atoms with Crippen LogP contribution in [-0.4, -0.2) is 19.0 Å². The molecule has 0 fully saturated rings. The molecule has 3 nitrogen and oxygen atoms in total. The average molecular weight is 269 g/mol. The summed E-state index contributed by atoms with van der Waals surface area (Å²) in [6.07, 6.45) is 0.814. The molecule has 0 aromatic heterocycles. The number of rotatable bonds is 1. The Kier molecular flexibility index (Phi) is 2.69. The maximum atomic E-state index is 11.7. The molecule has 4 heteroatoms. The molecule has 1 heterocycles. The van der Waals surface area contributed by atoms with Crippen LogP contribution in [0.1, 0.15) is 13.3 Å².